The zero-order valence-electron chi connectivity index (χ0n) is 38.4. The average molecular weight is 929 g/mol. The van der Waals surface area contributed by atoms with Crippen LogP contribution in [0.25, 0.3) is 0 Å². The summed E-state index contributed by atoms with van der Waals surface area (Å²) in [5.74, 6) is -0.665. The van der Waals surface area contributed by atoms with Crippen molar-refractivity contribution in [1.29, 1.82) is 10.8 Å². The number of hydrogen-bond acceptors (Lipinski definition) is 13. The molecule has 3 aromatic carbocycles. The Morgan fingerprint density at radius 3 is 2.41 bits per heavy atom. The monoisotopic (exact) mass is 928 g/mol. The lowest BCUT2D eigenvalue weighted by molar-refractivity contribution is -0.137. The van der Waals surface area contributed by atoms with Crippen LogP contribution in [0.4, 0.5) is 11.4 Å². The number of nitrogens with one attached hydrogen (secondary N) is 7. The van der Waals surface area contributed by atoms with Gasteiger partial charge in [-0.2, -0.15) is 0 Å². The number of nitrogens with zero attached hydrogens (tertiary/aromatic N) is 3. The van der Waals surface area contributed by atoms with Crippen molar-refractivity contribution in [1.82, 2.24) is 30.7 Å². The topological polar surface area (TPSA) is 240 Å². The van der Waals surface area contributed by atoms with Crippen LogP contribution >= 0.6 is 0 Å². The molecule has 18 nitrogen and oxygen atoms in total. The summed E-state index contributed by atoms with van der Waals surface area (Å²) in [4.78, 5) is 70.7. The number of benzene rings is 3. The van der Waals surface area contributed by atoms with Crippen LogP contribution in [0.5, 0.6) is 5.75 Å². The van der Waals surface area contributed by atoms with E-state index in [-0.39, 0.29) is 61.3 Å². The van der Waals surface area contributed by atoms with E-state index in [1.165, 1.54) is 4.90 Å². The standard InChI is InChI=1S/C50H60N10O8/c1-59-23-19-50(20-24-59,49(52)57-45(51)35-17-21-53-22-18-35)58-37-11-6-10-36(30-37)46(63)54-31-34-9-5-12-38(29-34)68-28-4-2-3-25-66-26-8-27-67-33-44(62)55-41-14-7-13-39-40(41)32-60(48(39)65)42-15-16-43(61)56-47(42)64/h5-7,9-14,17-18,21-22,29-30,42,58H,2-4,8,15-16,19-20,23-28,31-33H2,1H3,(H,54,63)(H,55,62)(H3,51,52,57)(H,56,61,64). The Balaban J connectivity index is 0.746. The zero-order valence-corrected chi connectivity index (χ0v) is 38.4. The number of rotatable bonds is 22. The molecule has 5 amide bonds. The molecule has 0 aliphatic carbocycles. The second-order valence-corrected chi connectivity index (χ2v) is 17.2. The number of aromatic nitrogens is 1. The van der Waals surface area contributed by atoms with Crippen LogP contribution < -0.4 is 31.3 Å². The van der Waals surface area contributed by atoms with Gasteiger partial charge in [0.2, 0.25) is 17.7 Å². The first-order valence-electron chi connectivity index (χ1n) is 23.1. The Morgan fingerprint density at radius 1 is 0.853 bits per heavy atom. The molecule has 18 heteroatoms. The van der Waals surface area contributed by atoms with Gasteiger partial charge in [-0.1, -0.05) is 24.3 Å². The highest BCUT2D eigenvalue weighted by Crippen LogP contribution is 2.33. The number of likely N-dealkylation sites (tertiary alicyclic amines) is 1. The van der Waals surface area contributed by atoms with Gasteiger partial charge in [0.15, 0.2) is 0 Å². The van der Waals surface area contributed by atoms with Crippen molar-refractivity contribution in [3.05, 3.63) is 119 Å². The van der Waals surface area contributed by atoms with Gasteiger partial charge < -0.3 is 45.3 Å². The minimum absolute atomic E-state index is 0.127. The molecule has 4 aromatic rings. The van der Waals surface area contributed by atoms with E-state index < -0.39 is 17.5 Å². The molecule has 68 heavy (non-hydrogen) atoms. The van der Waals surface area contributed by atoms with E-state index in [2.05, 4.69) is 43.5 Å². The number of imide groups is 1. The molecule has 358 valence electrons. The minimum atomic E-state index is -0.746. The first kappa shape index (κ1) is 48.9. The molecule has 2 saturated heterocycles. The van der Waals surface area contributed by atoms with Crippen molar-refractivity contribution < 1.29 is 38.2 Å². The molecule has 1 unspecified atom stereocenters. The summed E-state index contributed by atoms with van der Waals surface area (Å²) in [6.45, 7) is 3.85. The van der Waals surface area contributed by atoms with Gasteiger partial charge in [0.05, 0.1) is 12.1 Å². The molecular formula is C50H60N10O8. The van der Waals surface area contributed by atoms with Crippen LogP contribution in [-0.4, -0.2) is 121 Å². The summed E-state index contributed by atoms with van der Waals surface area (Å²) in [6.07, 6.45) is 8.23. The van der Waals surface area contributed by atoms with Crippen LogP contribution in [0, 0.1) is 10.8 Å². The van der Waals surface area contributed by atoms with Gasteiger partial charge in [-0.05, 0) is 112 Å². The Labute approximate surface area is 395 Å². The fourth-order valence-corrected chi connectivity index (χ4v) is 8.41. The number of pyridine rings is 1. The Hall–Kier alpha value is -7.02. The van der Waals surface area contributed by atoms with Gasteiger partial charge in [0.1, 0.15) is 30.1 Å². The smallest absolute Gasteiger partial charge is 0.255 e. The van der Waals surface area contributed by atoms with Crippen LogP contribution in [0.2, 0.25) is 0 Å². The second-order valence-electron chi connectivity index (χ2n) is 17.2. The normalized spacial score (nSPS) is 16.6. The molecule has 1 aromatic heterocycles. The van der Waals surface area contributed by atoms with Gasteiger partial charge >= 0.3 is 0 Å². The molecule has 4 heterocycles. The molecule has 7 rings (SSSR count). The number of anilines is 2. The highest BCUT2D eigenvalue weighted by molar-refractivity contribution is 6.10. The molecular weight excluding hydrogens is 869 g/mol. The van der Waals surface area contributed by atoms with Crippen LogP contribution in [0.3, 0.4) is 0 Å². The third kappa shape index (κ3) is 13.1. The van der Waals surface area contributed by atoms with Crippen molar-refractivity contribution in [3.63, 3.8) is 0 Å². The maximum atomic E-state index is 13.3. The third-order valence-electron chi connectivity index (χ3n) is 12.3. The van der Waals surface area contributed by atoms with E-state index in [0.29, 0.717) is 80.2 Å². The molecule has 0 saturated carbocycles. The van der Waals surface area contributed by atoms with Crippen molar-refractivity contribution in [3.8, 4) is 5.75 Å². The Bertz CT molecular complexity index is 2460. The van der Waals surface area contributed by atoms with Gasteiger partial charge in [-0.3, -0.25) is 45.1 Å². The molecule has 3 aliphatic rings. The highest BCUT2D eigenvalue weighted by atomic mass is 16.5. The molecule has 7 N–H and O–H groups in total. The summed E-state index contributed by atoms with van der Waals surface area (Å²) in [6, 6.07) is 22.7. The lowest BCUT2D eigenvalue weighted by Gasteiger charge is -2.42. The van der Waals surface area contributed by atoms with Gasteiger partial charge in [-0.25, -0.2) is 0 Å². The number of unbranched alkanes of at least 4 members (excludes halogenated alkanes) is 2. The number of carbonyl (C=O) groups is 5. The number of carbonyl (C=O) groups excluding carboxylic acids is 5. The molecule has 1 atom stereocenters. The van der Waals surface area contributed by atoms with E-state index in [4.69, 9.17) is 25.0 Å². The predicted molar refractivity (Wildman–Crippen MR) is 256 cm³/mol. The number of ether oxygens (including phenoxy) is 3. The minimum Gasteiger partial charge on any atom is -0.494 e. The predicted octanol–water partition coefficient (Wildman–Crippen LogP) is 4.85. The van der Waals surface area contributed by atoms with Crippen molar-refractivity contribution in [2.24, 2.45) is 0 Å². The summed E-state index contributed by atoms with van der Waals surface area (Å²) >= 11 is 0. The van der Waals surface area contributed by atoms with E-state index in [1.54, 1.807) is 54.9 Å². The molecule has 2 fully saturated rings. The number of amides is 5. The SMILES string of the molecule is CN1CCC(Nc2cccc(C(=O)NCc3cccc(OCCCCCOCCCOCC(=O)Nc4cccc5c4CN(C4CCC(=O)NC4=O)C5=O)c3)c2)(C(=N)NC(=N)c2ccncc2)CC1. The fraction of sp³-hybridized carbons (Fsp3) is 0.400. The van der Waals surface area contributed by atoms with Gasteiger partial charge in [0.25, 0.3) is 11.8 Å². The zero-order chi connectivity index (χ0) is 47.9. The number of piperidine rings is 2. The number of amidine groups is 2. The van der Waals surface area contributed by atoms with Gasteiger partial charge in [-0.15, -0.1) is 0 Å². The summed E-state index contributed by atoms with van der Waals surface area (Å²) in [5, 5.41) is 32.3. The van der Waals surface area contributed by atoms with Crippen LogP contribution in [0.1, 0.15) is 88.8 Å². The third-order valence-corrected chi connectivity index (χ3v) is 12.3. The first-order chi connectivity index (χ1) is 33.0. The second kappa shape index (κ2) is 23.6. The lowest BCUT2D eigenvalue weighted by atomic mass is 9.85. The molecule has 0 spiro atoms. The summed E-state index contributed by atoms with van der Waals surface area (Å²) in [5.41, 5.74) is 3.55. The van der Waals surface area contributed by atoms with Crippen molar-refractivity contribution >= 4 is 52.6 Å². The molecule has 0 bridgehead atoms. The van der Waals surface area contributed by atoms with E-state index in [1.807, 2.05) is 36.4 Å². The quantitative estimate of drug-likeness (QED) is 0.0242. The van der Waals surface area contributed by atoms with Crippen molar-refractivity contribution in [2.45, 2.75) is 76.0 Å². The lowest BCUT2D eigenvalue weighted by Crippen LogP contribution is -2.58. The van der Waals surface area contributed by atoms with Gasteiger partial charge in [0, 0.05) is 98.4 Å². The van der Waals surface area contributed by atoms with Crippen molar-refractivity contribution in [2.75, 3.05) is 63.8 Å². The maximum Gasteiger partial charge on any atom is 0.255 e. The molecule has 3 aliphatic heterocycles. The largest absolute Gasteiger partial charge is 0.494 e. The number of fused-ring (bicyclic) bond motifs is 1. The fourth-order valence-electron chi connectivity index (χ4n) is 8.41. The highest BCUT2D eigenvalue weighted by Gasteiger charge is 2.41. The summed E-state index contributed by atoms with van der Waals surface area (Å²) < 4.78 is 17.3. The maximum absolute atomic E-state index is 13.3. The Morgan fingerprint density at radius 2 is 1.60 bits per heavy atom. The van der Waals surface area contributed by atoms with Crippen LogP contribution in [-0.2, 0) is 36.9 Å². The number of hydrogen-bond donors (Lipinski definition) is 7. The van der Waals surface area contributed by atoms with E-state index in [0.717, 1.165) is 49.4 Å². The van der Waals surface area contributed by atoms with E-state index >= 15 is 0 Å². The Kier molecular flexibility index (Phi) is 17.0. The van der Waals surface area contributed by atoms with Crippen LogP contribution in [0.15, 0.2) is 91.3 Å². The summed E-state index contributed by atoms with van der Waals surface area (Å²) in [7, 11) is 2.05. The first-order valence-corrected chi connectivity index (χ1v) is 23.1. The molecule has 0 radical (unpaired) electrons. The van der Waals surface area contributed by atoms with E-state index in [9.17, 15) is 24.0 Å². The average Bonchev–Trinajstić information content (AvgIpc) is 3.68.